The maximum absolute atomic E-state index is 13.4. The van der Waals surface area contributed by atoms with Gasteiger partial charge in [-0.05, 0) is 79.2 Å². The molecule has 170 valence electrons. The molecule has 8 heteroatoms. The molecule has 4 rings (SSSR count). The molecule has 0 bridgehead atoms. The maximum atomic E-state index is 13.4. The van der Waals surface area contributed by atoms with Gasteiger partial charge in [-0.15, -0.1) is 0 Å². The second-order valence-corrected chi connectivity index (χ2v) is 9.13. The van der Waals surface area contributed by atoms with E-state index in [1.807, 2.05) is 25.1 Å². The Morgan fingerprint density at radius 1 is 0.879 bits per heavy atom. The molecule has 33 heavy (non-hydrogen) atoms. The van der Waals surface area contributed by atoms with E-state index >= 15 is 0 Å². The van der Waals surface area contributed by atoms with Crippen molar-refractivity contribution in [1.29, 1.82) is 0 Å². The first kappa shape index (κ1) is 22.6. The van der Waals surface area contributed by atoms with Crippen LogP contribution in [-0.4, -0.2) is 24.3 Å². The van der Waals surface area contributed by atoms with Crippen molar-refractivity contribution in [2.75, 3.05) is 6.61 Å². The molecule has 0 saturated carbocycles. The van der Waals surface area contributed by atoms with E-state index in [0.29, 0.717) is 23.9 Å². The van der Waals surface area contributed by atoms with E-state index in [-0.39, 0.29) is 18.0 Å². The zero-order valence-electron chi connectivity index (χ0n) is 18.1. The van der Waals surface area contributed by atoms with Gasteiger partial charge in [-0.1, -0.05) is 6.07 Å². The summed E-state index contributed by atoms with van der Waals surface area (Å²) >= 11 is 0. The Morgan fingerprint density at radius 2 is 1.58 bits per heavy atom. The molecule has 0 fully saturated rings. The molecule has 0 saturated heterocycles. The van der Waals surface area contributed by atoms with Gasteiger partial charge in [0, 0.05) is 18.9 Å². The van der Waals surface area contributed by atoms with Gasteiger partial charge in [-0.25, -0.2) is 8.42 Å². The highest BCUT2D eigenvalue weighted by Gasteiger charge is 2.26. The third kappa shape index (κ3) is 5.79. The number of aromatic nitrogens is 1. The molecule has 0 N–H and O–H groups in total. The van der Waals surface area contributed by atoms with Gasteiger partial charge >= 0.3 is 0 Å². The largest absolute Gasteiger partial charge is 0.494 e. The van der Waals surface area contributed by atoms with Gasteiger partial charge in [0.15, 0.2) is 0 Å². The van der Waals surface area contributed by atoms with Gasteiger partial charge in [-0.2, -0.15) is 4.31 Å². The smallest absolute Gasteiger partial charge is 0.243 e. The first-order chi connectivity index (χ1) is 16.0. The maximum Gasteiger partial charge on any atom is 0.243 e. The average Bonchev–Trinajstić information content (AvgIpc) is 3.34. The lowest BCUT2D eigenvalue weighted by molar-refractivity contribution is 0.339. The molecule has 0 aliphatic carbocycles. The minimum Gasteiger partial charge on any atom is -0.494 e. The van der Waals surface area contributed by atoms with E-state index in [0.717, 1.165) is 11.3 Å². The molecular formula is C25H24N2O5S. The normalized spacial score (nSPS) is 11.5. The summed E-state index contributed by atoms with van der Waals surface area (Å²) in [5.41, 5.74) is 0.781. The van der Waals surface area contributed by atoms with E-state index in [1.165, 1.54) is 22.7 Å². The summed E-state index contributed by atoms with van der Waals surface area (Å²) in [7, 11) is -3.80. The van der Waals surface area contributed by atoms with Gasteiger partial charge in [0.1, 0.15) is 23.0 Å². The fraction of sp³-hybridized carbons (Fsp3) is 0.160. The predicted molar refractivity (Wildman–Crippen MR) is 124 cm³/mol. The van der Waals surface area contributed by atoms with Crippen LogP contribution in [0.1, 0.15) is 18.2 Å². The van der Waals surface area contributed by atoms with Crippen LogP contribution >= 0.6 is 0 Å². The molecule has 0 radical (unpaired) electrons. The Morgan fingerprint density at radius 3 is 2.18 bits per heavy atom. The molecule has 0 spiro atoms. The van der Waals surface area contributed by atoms with Crippen molar-refractivity contribution < 1.29 is 22.3 Å². The number of furan rings is 1. The van der Waals surface area contributed by atoms with Crippen molar-refractivity contribution in [1.82, 2.24) is 9.29 Å². The molecule has 2 aromatic heterocycles. The minimum atomic E-state index is -3.80. The van der Waals surface area contributed by atoms with Crippen LogP contribution in [0.15, 0.2) is 101 Å². The highest BCUT2D eigenvalue weighted by atomic mass is 32.2. The molecule has 0 unspecified atom stereocenters. The summed E-state index contributed by atoms with van der Waals surface area (Å²) in [6, 6.07) is 20.7. The van der Waals surface area contributed by atoms with Gasteiger partial charge in [-0.3, -0.25) is 4.98 Å². The lowest BCUT2D eigenvalue weighted by Crippen LogP contribution is -2.30. The predicted octanol–water partition coefficient (Wildman–Crippen LogP) is 5.26. The molecule has 0 atom stereocenters. The minimum absolute atomic E-state index is 0.106. The standard InChI is InChI=1S/C25H24N2O5S/c1-2-30-21-7-9-22(10-8-21)32-23-11-13-25(14-12-23)33(28,29)27(19-24-6-4-16-31-24)18-20-5-3-15-26-17-20/h3-17H,2,18-19H2,1H3. The molecule has 0 aliphatic rings. The number of sulfonamides is 1. The van der Waals surface area contributed by atoms with Crippen molar-refractivity contribution in [2.45, 2.75) is 24.9 Å². The number of nitrogens with zero attached hydrogens (tertiary/aromatic N) is 2. The molecule has 2 aromatic carbocycles. The molecule has 2 heterocycles. The zero-order valence-corrected chi connectivity index (χ0v) is 18.9. The molecule has 7 nitrogen and oxygen atoms in total. The number of ether oxygens (including phenoxy) is 2. The second-order valence-electron chi connectivity index (χ2n) is 7.19. The van der Waals surface area contributed by atoms with Crippen LogP contribution in [0.4, 0.5) is 0 Å². The lowest BCUT2D eigenvalue weighted by atomic mass is 10.3. The van der Waals surface area contributed by atoms with E-state index < -0.39 is 10.0 Å². The summed E-state index contributed by atoms with van der Waals surface area (Å²) in [5, 5.41) is 0. The highest BCUT2D eigenvalue weighted by Crippen LogP contribution is 2.27. The van der Waals surface area contributed by atoms with Crippen LogP contribution in [-0.2, 0) is 23.1 Å². The summed E-state index contributed by atoms with van der Waals surface area (Å²) < 4.78 is 44.9. The molecule has 0 amide bonds. The van der Waals surface area contributed by atoms with Crippen LogP contribution in [0, 0.1) is 0 Å². The van der Waals surface area contributed by atoms with Crippen molar-refractivity contribution >= 4 is 10.0 Å². The van der Waals surface area contributed by atoms with Crippen molar-refractivity contribution in [3.8, 4) is 17.2 Å². The SMILES string of the molecule is CCOc1ccc(Oc2ccc(S(=O)(=O)N(Cc3cccnc3)Cc3ccco3)cc2)cc1. The number of hydrogen-bond donors (Lipinski definition) is 0. The first-order valence-electron chi connectivity index (χ1n) is 10.5. The van der Waals surface area contributed by atoms with E-state index in [9.17, 15) is 8.42 Å². The van der Waals surface area contributed by atoms with Crippen LogP contribution in [0.3, 0.4) is 0 Å². The number of rotatable bonds is 10. The van der Waals surface area contributed by atoms with Gasteiger partial charge in [0.05, 0.1) is 24.3 Å². The quantitative estimate of drug-likeness (QED) is 0.319. The third-order valence-corrected chi connectivity index (χ3v) is 6.63. The summed E-state index contributed by atoms with van der Waals surface area (Å²) in [4.78, 5) is 4.25. The van der Waals surface area contributed by atoms with Crippen molar-refractivity contribution in [3.63, 3.8) is 0 Å². The monoisotopic (exact) mass is 464 g/mol. The number of hydrogen-bond acceptors (Lipinski definition) is 6. The average molecular weight is 465 g/mol. The van der Waals surface area contributed by atoms with Crippen LogP contribution < -0.4 is 9.47 Å². The Kier molecular flexibility index (Phi) is 7.07. The first-order valence-corrected chi connectivity index (χ1v) is 11.9. The highest BCUT2D eigenvalue weighted by molar-refractivity contribution is 7.89. The van der Waals surface area contributed by atoms with Crippen molar-refractivity contribution in [3.05, 3.63) is 103 Å². The second kappa shape index (κ2) is 10.3. The van der Waals surface area contributed by atoms with Gasteiger partial charge in [0.25, 0.3) is 0 Å². The van der Waals surface area contributed by atoms with Crippen molar-refractivity contribution in [2.24, 2.45) is 0 Å². The summed E-state index contributed by atoms with van der Waals surface area (Å²) in [6.07, 6.45) is 4.83. The fourth-order valence-corrected chi connectivity index (χ4v) is 4.63. The van der Waals surface area contributed by atoms with Crippen LogP contribution in [0.5, 0.6) is 17.2 Å². The summed E-state index contributed by atoms with van der Waals surface area (Å²) in [6.45, 7) is 2.79. The molecular weight excluding hydrogens is 440 g/mol. The Bertz CT molecular complexity index is 1240. The Balaban J connectivity index is 1.53. The topological polar surface area (TPSA) is 81.9 Å². The molecule has 0 aliphatic heterocycles. The number of pyridine rings is 1. The fourth-order valence-electron chi connectivity index (χ4n) is 3.23. The number of benzene rings is 2. The van der Waals surface area contributed by atoms with Crippen LogP contribution in [0.2, 0.25) is 0 Å². The third-order valence-electron chi connectivity index (χ3n) is 4.83. The van der Waals surface area contributed by atoms with E-state index in [2.05, 4.69) is 4.98 Å². The van der Waals surface area contributed by atoms with E-state index in [1.54, 1.807) is 54.9 Å². The van der Waals surface area contributed by atoms with Crippen LogP contribution in [0.25, 0.3) is 0 Å². The lowest BCUT2D eigenvalue weighted by Gasteiger charge is -2.21. The van der Waals surface area contributed by atoms with Gasteiger partial charge < -0.3 is 13.9 Å². The van der Waals surface area contributed by atoms with E-state index in [4.69, 9.17) is 13.9 Å². The zero-order chi connectivity index (χ0) is 23.1. The summed E-state index contributed by atoms with van der Waals surface area (Å²) in [5.74, 6) is 2.47. The Hall–Kier alpha value is -3.62. The Labute approximate surface area is 193 Å². The molecule has 4 aromatic rings. The van der Waals surface area contributed by atoms with Gasteiger partial charge in [0.2, 0.25) is 10.0 Å².